The molecule has 0 aromatic heterocycles. The van der Waals surface area contributed by atoms with Gasteiger partial charge in [0.05, 0.1) is 0 Å². The normalized spacial score (nSPS) is 12.3. The monoisotopic (exact) mass is 286 g/mol. The van der Waals surface area contributed by atoms with Crippen molar-refractivity contribution in [2.75, 3.05) is 13.1 Å². The minimum absolute atomic E-state index is 0.0639. The maximum atomic E-state index is 12.6. The molecule has 0 spiro atoms. The molecule has 0 heterocycles. The van der Waals surface area contributed by atoms with Gasteiger partial charge in [-0.05, 0) is 33.6 Å². The average Bonchev–Trinajstić information content (AvgIpc) is 2.38. The topological polar surface area (TPSA) is 60.9 Å². The van der Waals surface area contributed by atoms with Crippen molar-refractivity contribution in [3.8, 4) is 0 Å². The highest BCUT2D eigenvalue weighted by molar-refractivity contribution is 5.80. The molecule has 0 fully saturated rings. The van der Waals surface area contributed by atoms with E-state index >= 15 is 0 Å². The van der Waals surface area contributed by atoms with E-state index in [1.807, 2.05) is 27.7 Å². The van der Waals surface area contributed by atoms with Crippen molar-refractivity contribution in [2.24, 2.45) is 0 Å². The molecular formula is C15H30N2O3. The zero-order valence-electron chi connectivity index (χ0n) is 13.6. The van der Waals surface area contributed by atoms with Crippen LogP contribution in [0.3, 0.4) is 0 Å². The number of nitrogens with zero attached hydrogens (tertiary/aromatic N) is 2. The Labute approximate surface area is 122 Å². The molecule has 118 valence electrons. The van der Waals surface area contributed by atoms with Crippen LogP contribution in [0.4, 0.5) is 4.79 Å². The van der Waals surface area contributed by atoms with E-state index in [1.54, 1.807) is 4.90 Å². The number of carbonyl (C=O) groups is 2. The minimum Gasteiger partial charge on any atom is -0.480 e. The number of urea groups is 1. The predicted molar refractivity (Wildman–Crippen MR) is 80.9 cm³/mol. The van der Waals surface area contributed by atoms with Gasteiger partial charge in [-0.1, -0.05) is 26.7 Å². The molecule has 0 radical (unpaired) electrons. The molecule has 0 aliphatic rings. The highest BCUT2D eigenvalue weighted by Crippen LogP contribution is 2.12. The molecular weight excluding hydrogens is 256 g/mol. The first kappa shape index (κ1) is 18.7. The van der Waals surface area contributed by atoms with Gasteiger partial charge in [-0.15, -0.1) is 0 Å². The van der Waals surface area contributed by atoms with Crippen molar-refractivity contribution in [3.63, 3.8) is 0 Å². The molecule has 0 bridgehead atoms. The smallest absolute Gasteiger partial charge is 0.323 e. The van der Waals surface area contributed by atoms with Gasteiger partial charge >= 0.3 is 12.0 Å². The Bertz CT molecular complexity index is 305. The Balaban J connectivity index is 4.89. The fourth-order valence-corrected chi connectivity index (χ4v) is 2.05. The van der Waals surface area contributed by atoms with Gasteiger partial charge in [-0.25, -0.2) is 4.79 Å². The van der Waals surface area contributed by atoms with Crippen LogP contribution in [0.5, 0.6) is 0 Å². The summed E-state index contributed by atoms with van der Waals surface area (Å²) in [6.07, 6.45) is 3.89. The second-order valence-corrected chi connectivity index (χ2v) is 5.56. The number of rotatable bonds is 9. The molecule has 0 aromatic rings. The fraction of sp³-hybridized carbons (Fsp3) is 0.867. The van der Waals surface area contributed by atoms with Crippen LogP contribution in [0.1, 0.15) is 60.3 Å². The summed E-state index contributed by atoms with van der Waals surface area (Å²) in [5.74, 6) is -0.962. The van der Waals surface area contributed by atoms with Crippen molar-refractivity contribution < 1.29 is 14.7 Å². The SMILES string of the molecule is CCCCCN(C(=O)N(CC(=O)O)C(C)CC)C(C)C. The summed E-state index contributed by atoms with van der Waals surface area (Å²) in [6.45, 7) is 10.4. The molecule has 1 N–H and O–H groups in total. The predicted octanol–water partition coefficient (Wildman–Crippen LogP) is 3.19. The third-order valence-electron chi connectivity index (χ3n) is 3.55. The van der Waals surface area contributed by atoms with E-state index in [2.05, 4.69) is 6.92 Å². The van der Waals surface area contributed by atoms with Crippen molar-refractivity contribution >= 4 is 12.0 Å². The summed E-state index contributed by atoms with van der Waals surface area (Å²) >= 11 is 0. The largest absolute Gasteiger partial charge is 0.480 e. The quantitative estimate of drug-likeness (QED) is 0.662. The first-order chi connectivity index (χ1) is 9.34. The lowest BCUT2D eigenvalue weighted by Gasteiger charge is -2.35. The van der Waals surface area contributed by atoms with Crippen molar-refractivity contribution in [1.29, 1.82) is 0 Å². The molecule has 0 rings (SSSR count). The average molecular weight is 286 g/mol. The number of amides is 2. The third-order valence-corrected chi connectivity index (χ3v) is 3.55. The van der Waals surface area contributed by atoms with Gasteiger partial charge in [-0.2, -0.15) is 0 Å². The molecule has 0 aromatic carbocycles. The third kappa shape index (κ3) is 6.26. The zero-order valence-corrected chi connectivity index (χ0v) is 13.6. The van der Waals surface area contributed by atoms with Gasteiger partial charge in [0.15, 0.2) is 0 Å². The second-order valence-electron chi connectivity index (χ2n) is 5.56. The number of unbranched alkanes of at least 4 members (excludes halogenated alkanes) is 2. The number of hydrogen-bond donors (Lipinski definition) is 1. The van der Waals surface area contributed by atoms with Crippen LogP contribution in [0, 0.1) is 0 Å². The lowest BCUT2D eigenvalue weighted by atomic mass is 10.2. The lowest BCUT2D eigenvalue weighted by Crippen LogP contribution is -2.51. The van der Waals surface area contributed by atoms with Crippen LogP contribution >= 0.6 is 0 Å². The summed E-state index contributed by atoms with van der Waals surface area (Å²) in [4.78, 5) is 26.8. The molecule has 0 saturated heterocycles. The van der Waals surface area contributed by atoms with Crippen molar-refractivity contribution in [2.45, 2.75) is 72.4 Å². The number of carboxylic acids is 1. The molecule has 0 aliphatic carbocycles. The van der Waals surface area contributed by atoms with Gasteiger partial charge < -0.3 is 14.9 Å². The molecule has 0 saturated carbocycles. The first-order valence-electron chi connectivity index (χ1n) is 7.64. The lowest BCUT2D eigenvalue weighted by molar-refractivity contribution is -0.138. The van der Waals surface area contributed by atoms with Crippen molar-refractivity contribution in [3.05, 3.63) is 0 Å². The van der Waals surface area contributed by atoms with Gasteiger partial charge in [0.2, 0.25) is 0 Å². The van der Waals surface area contributed by atoms with E-state index in [4.69, 9.17) is 5.11 Å². The number of carbonyl (C=O) groups excluding carboxylic acids is 1. The van der Waals surface area contributed by atoms with Crippen LogP contribution in [0.25, 0.3) is 0 Å². The summed E-state index contributed by atoms with van der Waals surface area (Å²) in [7, 11) is 0. The molecule has 20 heavy (non-hydrogen) atoms. The minimum atomic E-state index is -0.962. The summed E-state index contributed by atoms with van der Waals surface area (Å²) in [6, 6.07) is -0.140. The fourth-order valence-electron chi connectivity index (χ4n) is 2.05. The number of aliphatic carboxylic acids is 1. The summed E-state index contributed by atoms with van der Waals surface area (Å²) in [5.41, 5.74) is 0. The van der Waals surface area contributed by atoms with Crippen LogP contribution in [-0.4, -0.2) is 52.1 Å². The van der Waals surface area contributed by atoms with Gasteiger partial charge in [0.25, 0.3) is 0 Å². The Hall–Kier alpha value is -1.26. The molecule has 5 nitrogen and oxygen atoms in total. The first-order valence-corrected chi connectivity index (χ1v) is 7.64. The molecule has 1 atom stereocenters. The van der Waals surface area contributed by atoms with Crippen LogP contribution in [0.2, 0.25) is 0 Å². The maximum absolute atomic E-state index is 12.6. The summed E-state index contributed by atoms with van der Waals surface area (Å²) < 4.78 is 0. The Morgan fingerprint density at radius 3 is 2.05 bits per heavy atom. The molecule has 5 heteroatoms. The zero-order chi connectivity index (χ0) is 15.7. The van der Waals surface area contributed by atoms with Crippen LogP contribution < -0.4 is 0 Å². The van der Waals surface area contributed by atoms with E-state index in [9.17, 15) is 9.59 Å². The van der Waals surface area contributed by atoms with E-state index in [1.165, 1.54) is 4.90 Å². The van der Waals surface area contributed by atoms with Gasteiger partial charge in [0, 0.05) is 18.6 Å². The number of carboxylic acid groups (broad SMARTS) is 1. The summed E-state index contributed by atoms with van der Waals surface area (Å²) in [5, 5.41) is 9.00. The number of hydrogen-bond acceptors (Lipinski definition) is 2. The Kier molecular flexibility index (Phi) is 9.01. The van der Waals surface area contributed by atoms with E-state index in [-0.39, 0.29) is 24.7 Å². The molecule has 2 amide bonds. The standard InChI is InChI=1S/C15H30N2O3/c1-6-8-9-10-16(12(3)4)15(20)17(11-14(18)19)13(5)7-2/h12-13H,6-11H2,1-5H3,(H,18,19). The maximum Gasteiger partial charge on any atom is 0.323 e. The van der Waals surface area contributed by atoms with Gasteiger partial charge in [0.1, 0.15) is 6.54 Å². The van der Waals surface area contributed by atoms with Crippen molar-refractivity contribution in [1.82, 2.24) is 9.80 Å². The van der Waals surface area contributed by atoms with Crippen LogP contribution in [-0.2, 0) is 4.79 Å². The van der Waals surface area contributed by atoms with E-state index in [0.717, 1.165) is 25.7 Å². The Morgan fingerprint density at radius 2 is 1.65 bits per heavy atom. The van der Waals surface area contributed by atoms with Gasteiger partial charge in [-0.3, -0.25) is 4.79 Å². The molecule has 0 aliphatic heterocycles. The van der Waals surface area contributed by atoms with E-state index in [0.29, 0.717) is 6.54 Å². The highest BCUT2D eigenvalue weighted by atomic mass is 16.4. The van der Waals surface area contributed by atoms with Crippen LogP contribution in [0.15, 0.2) is 0 Å². The Morgan fingerprint density at radius 1 is 1.05 bits per heavy atom. The highest BCUT2D eigenvalue weighted by Gasteiger charge is 2.27. The van der Waals surface area contributed by atoms with E-state index < -0.39 is 5.97 Å². The molecule has 1 unspecified atom stereocenters. The second kappa shape index (κ2) is 9.61.